The van der Waals surface area contributed by atoms with Crippen LogP contribution in [0.5, 0.6) is 5.75 Å². The van der Waals surface area contributed by atoms with E-state index in [0.29, 0.717) is 22.3 Å². The molecule has 0 saturated carbocycles. The molecule has 0 unspecified atom stereocenters. The molecule has 0 spiro atoms. The molecule has 0 fully saturated rings. The van der Waals surface area contributed by atoms with Crippen LogP contribution in [0.25, 0.3) is 22.3 Å². The Labute approximate surface area is 152 Å². The smallest absolute Gasteiger partial charge is 0.406 e. The van der Waals surface area contributed by atoms with Gasteiger partial charge in [-0.05, 0) is 30.3 Å². The fourth-order valence-electron chi connectivity index (χ4n) is 2.60. The van der Waals surface area contributed by atoms with E-state index in [-0.39, 0.29) is 11.6 Å². The number of hydrogen-bond donors (Lipinski definition) is 1. The van der Waals surface area contributed by atoms with Crippen LogP contribution in [0.2, 0.25) is 0 Å². The van der Waals surface area contributed by atoms with Crippen LogP contribution in [0, 0.1) is 11.6 Å². The van der Waals surface area contributed by atoms with E-state index in [4.69, 9.17) is 4.74 Å². The fraction of sp³-hybridized carbons (Fsp3) is 0. The first kappa shape index (κ1) is 16.6. The standard InChI is InChI=1S/C19H12F2N4O2/c20-13-4-1-3-12(9-13)18-22-10-14(11-23-18)27-19(26)24-25-8-7-15-16(21)5-2-6-17(15)25/h1-11H,(H,24,26). The number of carbonyl (C=O) groups excluding carboxylic acids is 1. The number of benzene rings is 2. The van der Waals surface area contributed by atoms with Crippen LogP contribution in [0.15, 0.2) is 67.1 Å². The van der Waals surface area contributed by atoms with Gasteiger partial charge in [-0.15, -0.1) is 0 Å². The lowest BCUT2D eigenvalue weighted by Gasteiger charge is -2.09. The molecule has 0 bridgehead atoms. The van der Waals surface area contributed by atoms with E-state index in [9.17, 15) is 13.6 Å². The van der Waals surface area contributed by atoms with Crippen molar-refractivity contribution in [3.63, 3.8) is 0 Å². The van der Waals surface area contributed by atoms with Crippen molar-refractivity contribution < 1.29 is 18.3 Å². The van der Waals surface area contributed by atoms with Gasteiger partial charge in [0.15, 0.2) is 11.6 Å². The van der Waals surface area contributed by atoms with Crippen molar-refractivity contribution in [2.24, 2.45) is 0 Å². The molecule has 6 nitrogen and oxygen atoms in total. The van der Waals surface area contributed by atoms with E-state index >= 15 is 0 Å². The van der Waals surface area contributed by atoms with Crippen molar-refractivity contribution in [1.29, 1.82) is 0 Å². The highest BCUT2D eigenvalue weighted by molar-refractivity contribution is 5.85. The molecule has 2 heterocycles. The summed E-state index contributed by atoms with van der Waals surface area (Å²) in [4.78, 5) is 20.2. The number of nitrogens with one attached hydrogen (secondary N) is 1. The van der Waals surface area contributed by atoms with Gasteiger partial charge in [0.1, 0.15) is 11.6 Å². The lowest BCUT2D eigenvalue weighted by Crippen LogP contribution is -2.25. The molecule has 1 N–H and O–H groups in total. The molecule has 0 saturated heterocycles. The number of fused-ring (bicyclic) bond motifs is 1. The predicted octanol–water partition coefficient (Wildman–Crippen LogP) is 4.12. The van der Waals surface area contributed by atoms with Crippen molar-refractivity contribution in [3.8, 4) is 17.1 Å². The molecule has 134 valence electrons. The largest absolute Gasteiger partial charge is 0.432 e. The molecule has 2 aromatic carbocycles. The molecule has 27 heavy (non-hydrogen) atoms. The summed E-state index contributed by atoms with van der Waals surface area (Å²) in [6.45, 7) is 0. The van der Waals surface area contributed by atoms with Gasteiger partial charge in [-0.25, -0.2) is 29.0 Å². The van der Waals surface area contributed by atoms with Crippen molar-refractivity contribution in [2.45, 2.75) is 0 Å². The van der Waals surface area contributed by atoms with Gasteiger partial charge in [-0.1, -0.05) is 18.2 Å². The number of amides is 1. The number of aromatic nitrogens is 3. The maximum Gasteiger partial charge on any atom is 0.432 e. The second-order valence-electron chi connectivity index (χ2n) is 5.61. The van der Waals surface area contributed by atoms with Crippen LogP contribution >= 0.6 is 0 Å². The Balaban J connectivity index is 1.47. The molecule has 2 aromatic heterocycles. The number of carbonyl (C=O) groups is 1. The summed E-state index contributed by atoms with van der Waals surface area (Å²) in [5, 5.41) is 0.376. The molecule has 4 rings (SSSR count). The average Bonchev–Trinajstić information content (AvgIpc) is 3.06. The van der Waals surface area contributed by atoms with Crippen LogP contribution in [-0.2, 0) is 0 Å². The molecule has 4 aromatic rings. The third kappa shape index (κ3) is 3.45. The van der Waals surface area contributed by atoms with Crippen molar-refractivity contribution in [3.05, 3.63) is 78.8 Å². The summed E-state index contributed by atoms with van der Waals surface area (Å²) in [7, 11) is 0. The van der Waals surface area contributed by atoms with Gasteiger partial charge in [0, 0.05) is 17.1 Å². The van der Waals surface area contributed by atoms with Crippen LogP contribution < -0.4 is 10.2 Å². The minimum absolute atomic E-state index is 0.107. The molecule has 0 aliphatic carbocycles. The first-order valence-corrected chi connectivity index (χ1v) is 7.92. The summed E-state index contributed by atoms with van der Waals surface area (Å²) < 4.78 is 33.4. The Morgan fingerprint density at radius 3 is 2.59 bits per heavy atom. The Kier molecular flexibility index (Phi) is 4.21. The summed E-state index contributed by atoms with van der Waals surface area (Å²) in [5.41, 5.74) is 3.47. The van der Waals surface area contributed by atoms with Gasteiger partial charge in [0.2, 0.25) is 0 Å². The Morgan fingerprint density at radius 1 is 1.04 bits per heavy atom. The monoisotopic (exact) mass is 366 g/mol. The summed E-state index contributed by atoms with van der Waals surface area (Å²) in [6, 6.07) is 11.9. The highest BCUT2D eigenvalue weighted by atomic mass is 19.1. The highest BCUT2D eigenvalue weighted by Crippen LogP contribution is 2.19. The van der Waals surface area contributed by atoms with E-state index in [0.717, 1.165) is 0 Å². The molecule has 0 atom stereocenters. The topological polar surface area (TPSA) is 69.0 Å². The van der Waals surface area contributed by atoms with E-state index in [1.165, 1.54) is 41.5 Å². The highest BCUT2D eigenvalue weighted by Gasteiger charge is 2.10. The normalized spacial score (nSPS) is 10.7. The number of hydrogen-bond acceptors (Lipinski definition) is 4. The van der Waals surface area contributed by atoms with Gasteiger partial charge in [-0.2, -0.15) is 0 Å². The molecule has 1 amide bonds. The van der Waals surface area contributed by atoms with Crippen molar-refractivity contribution in [2.75, 3.05) is 5.43 Å². The van der Waals surface area contributed by atoms with E-state index in [1.54, 1.807) is 30.3 Å². The molecule has 8 heteroatoms. The zero-order valence-electron chi connectivity index (χ0n) is 13.8. The third-order valence-electron chi connectivity index (χ3n) is 3.81. The molecular formula is C19H12F2N4O2. The number of nitrogens with zero attached hydrogens (tertiary/aromatic N) is 3. The van der Waals surface area contributed by atoms with Gasteiger partial charge in [-0.3, -0.25) is 4.68 Å². The Bertz CT molecular complexity index is 1130. The van der Waals surface area contributed by atoms with E-state index in [2.05, 4.69) is 15.4 Å². The van der Waals surface area contributed by atoms with E-state index < -0.39 is 11.9 Å². The maximum absolute atomic E-state index is 13.7. The lowest BCUT2D eigenvalue weighted by molar-refractivity contribution is 0.211. The number of ether oxygens (including phenoxy) is 1. The summed E-state index contributed by atoms with van der Waals surface area (Å²) in [5.74, 6) is -0.377. The van der Waals surface area contributed by atoms with Crippen molar-refractivity contribution >= 4 is 17.0 Å². The summed E-state index contributed by atoms with van der Waals surface area (Å²) in [6.07, 6.45) is 3.33. The van der Waals surface area contributed by atoms with E-state index in [1.807, 2.05) is 0 Å². The number of halogens is 2. The first-order valence-electron chi connectivity index (χ1n) is 7.92. The van der Waals surface area contributed by atoms with Crippen molar-refractivity contribution in [1.82, 2.24) is 14.6 Å². The second kappa shape index (κ2) is 6.83. The lowest BCUT2D eigenvalue weighted by atomic mass is 10.2. The zero-order chi connectivity index (χ0) is 18.8. The SMILES string of the molecule is O=C(Nn1ccc2c(F)cccc21)Oc1cnc(-c2cccc(F)c2)nc1. The fourth-order valence-corrected chi connectivity index (χ4v) is 2.60. The minimum atomic E-state index is -0.793. The molecular weight excluding hydrogens is 354 g/mol. The third-order valence-corrected chi connectivity index (χ3v) is 3.81. The average molecular weight is 366 g/mol. The Morgan fingerprint density at radius 2 is 1.81 bits per heavy atom. The van der Waals surface area contributed by atoms with Gasteiger partial charge < -0.3 is 4.74 Å². The van der Waals surface area contributed by atoms with Gasteiger partial charge in [0.25, 0.3) is 0 Å². The Hall–Kier alpha value is -3.81. The second-order valence-corrected chi connectivity index (χ2v) is 5.61. The van der Waals surface area contributed by atoms with Crippen LogP contribution in [-0.4, -0.2) is 20.7 Å². The van der Waals surface area contributed by atoms with Gasteiger partial charge in [0.05, 0.1) is 17.9 Å². The van der Waals surface area contributed by atoms with Crippen LogP contribution in [0.4, 0.5) is 13.6 Å². The molecule has 0 aliphatic rings. The summed E-state index contributed by atoms with van der Waals surface area (Å²) >= 11 is 0. The van der Waals surface area contributed by atoms with Crippen LogP contribution in [0.3, 0.4) is 0 Å². The first-order chi connectivity index (χ1) is 13.1. The zero-order valence-corrected chi connectivity index (χ0v) is 13.8. The number of rotatable bonds is 3. The minimum Gasteiger partial charge on any atom is -0.406 e. The molecule has 0 aliphatic heterocycles. The van der Waals surface area contributed by atoms with Crippen LogP contribution in [0.1, 0.15) is 0 Å². The maximum atomic E-state index is 13.7. The predicted molar refractivity (Wildman–Crippen MR) is 94.7 cm³/mol. The molecule has 0 radical (unpaired) electrons. The quantitative estimate of drug-likeness (QED) is 0.592. The van der Waals surface area contributed by atoms with Gasteiger partial charge >= 0.3 is 6.09 Å².